The molecule has 4 nitrogen and oxygen atoms in total. The van der Waals surface area contributed by atoms with Gasteiger partial charge in [-0.25, -0.2) is 4.79 Å². The standard InChI is InChI=1S/C12H23N3O/c1-9(13)10-4-3-7-15(8-10)12(16)14-11-5-2-6-11/h9-11H,2-8,13H2,1H3,(H,14,16). The molecule has 1 aliphatic carbocycles. The highest BCUT2D eigenvalue weighted by Gasteiger charge is 2.28. The SMILES string of the molecule is CC(N)C1CCCN(C(=O)NC2CCC2)C1. The van der Waals surface area contributed by atoms with E-state index in [2.05, 4.69) is 5.32 Å². The lowest BCUT2D eigenvalue weighted by Gasteiger charge is -2.36. The minimum absolute atomic E-state index is 0.120. The van der Waals surface area contributed by atoms with E-state index in [9.17, 15) is 4.79 Å². The van der Waals surface area contributed by atoms with Crippen molar-refractivity contribution in [2.24, 2.45) is 11.7 Å². The first-order valence-corrected chi connectivity index (χ1v) is 6.48. The van der Waals surface area contributed by atoms with Crippen molar-refractivity contribution in [1.29, 1.82) is 0 Å². The molecular weight excluding hydrogens is 202 g/mol. The first kappa shape index (κ1) is 11.7. The van der Waals surface area contributed by atoms with Crippen molar-refractivity contribution in [2.45, 2.75) is 51.1 Å². The van der Waals surface area contributed by atoms with Gasteiger partial charge in [-0.2, -0.15) is 0 Å². The number of nitrogens with one attached hydrogen (secondary N) is 1. The van der Waals surface area contributed by atoms with Crippen LogP contribution in [0.4, 0.5) is 4.79 Å². The van der Waals surface area contributed by atoms with Crippen molar-refractivity contribution in [3.05, 3.63) is 0 Å². The molecule has 2 aliphatic rings. The van der Waals surface area contributed by atoms with Crippen LogP contribution in [0.25, 0.3) is 0 Å². The highest BCUT2D eigenvalue weighted by Crippen LogP contribution is 2.21. The van der Waals surface area contributed by atoms with E-state index in [-0.39, 0.29) is 12.1 Å². The molecule has 2 unspecified atom stereocenters. The van der Waals surface area contributed by atoms with Crippen LogP contribution in [-0.4, -0.2) is 36.1 Å². The van der Waals surface area contributed by atoms with Gasteiger partial charge in [0.05, 0.1) is 0 Å². The van der Waals surface area contributed by atoms with Crippen molar-refractivity contribution in [3.8, 4) is 0 Å². The third-order valence-corrected chi connectivity index (χ3v) is 3.92. The molecular formula is C12H23N3O. The number of nitrogens with two attached hydrogens (primary N) is 1. The van der Waals surface area contributed by atoms with Gasteiger partial charge in [-0.1, -0.05) is 0 Å². The van der Waals surface area contributed by atoms with Crippen LogP contribution in [0.2, 0.25) is 0 Å². The average Bonchev–Trinajstić information content (AvgIpc) is 2.23. The molecule has 1 heterocycles. The lowest BCUT2D eigenvalue weighted by molar-refractivity contribution is 0.151. The molecule has 0 aromatic heterocycles. The van der Waals surface area contributed by atoms with Gasteiger partial charge in [0.2, 0.25) is 0 Å². The van der Waals surface area contributed by atoms with Crippen LogP contribution in [0.15, 0.2) is 0 Å². The first-order chi connectivity index (χ1) is 7.66. The van der Waals surface area contributed by atoms with Gasteiger partial charge >= 0.3 is 6.03 Å². The van der Waals surface area contributed by atoms with E-state index < -0.39 is 0 Å². The van der Waals surface area contributed by atoms with Crippen molar-refractivity contribution < 1.29 is 4.79 Å². The number of rotatable bonds is 2. The van der Waals surface area contributed by atoms with Gasteiger partial charge in [0.1, 0.15) is 0 Å². The van der Waals surface area contributed by atoms with Gasteiger partial charge in [-0.3, -0.25) is 0 Å². The molecule has 2 atom stereocenters. The average molecular weight is 225 g/mol. The fourth-order valence-corrected chi connectivity index (χ4v) is 2.44. The summed E-state index contributed by atoms with van der Waals surface area (Å²) in [4.78, 5) is 13.9. The highest BCUT2D eigenvalue weighted by atomic mass is 16.2. The maximum atomic E-state index is 11.9. The fourth-order valence-electron chi connectivity index (χ4n) is 2.44. The molecule has 0 aromatic rings. The maximum absolute atomic E-state index is 11.9. The third-order valence-electron chi connectivity index (χ3n) is 3.92. The molecule has 2 fully saturated rings. The van der Waals surface area contributed by atoms with Gasteiger partial charge in [-0.05, 0) is 44.9 Å². The molecule has 2 rings (SSSR count). The molecule has 1 aliphatic heterocycles. The monoisotopic (exact) mass is 225 g/mol. The molecule has 0 bridgehead atoms. The number of carbonyl (C=O) groups is 1. The second kappa shape index (κ2) is 5.04. The van der Waals surface area contributed by atoms with Crippen molar-refractivity contribution in [1.82, 2.24) is 10.2 Å². The number of hydrogen-bond acceptors (Lipinski definition) is 2. The normalized spacial score (nSPS) is 28.4. The largest absolute Gasteiger partial charge is 0.335 e. The minimum atomic E-state index is 0.120. The van der Waals surface area contributed by atoms with Crippen LogP contribution in [0.5, 0.6) is 0 Å². The van der Waals surface area contributed by atoms with Gasteiger partial charge in [-0.15, -0.1) is 0 Å². The molecule has 0 aromatic carbocycles. The van der Waals surface area contributed by atoms with E-state index >= 15 is 0 Å². The van der Waals surface area contributed by atoms with E-state index in [0.717, 1.165) is 38.8 Å². The third kappa shape index (κ3) is 2.67. The summed E-state index contributed by atoms with van der Waals surface area (Å²) < 4.78 is 0. The lowest BCUT2D eigenvalue weighted by Crippen LogP contribution is -2.52. The number of urea groups is 1. The summed E-state index contributed by atoms with van der Waals surface area (Å²) in [6.45, 7) is 3.76. The number of amides is 2. The van der Waals surface area contributed by atoms with Crippen LogP contribution in [0.3, 0.4) is 0 Å². The van der Waals surface area contributed by atoms with Crippen LogP contribution < -0.4 is 11.1 Å². The number of hydrogen-bond donors (Lipinski definition) is 2. The predicted octanol–water partition coefficient (Wildman–Crippen LogP) is 1.31. The molecule has 1 saturated heterocycles. The Bertz CT molecular complexity index is 251. The fraction of sp³-hybridized carbons (Fsp3) is 0.917. The molecule has 1 saturated carbocycles. The smallest absolute Gasteiger partial charge is 0.317 e. The predicted molar refractivity (Wildman–Crippen MR) is 64.1 cm³/mol. The van der Waals surface area contributed by atoms with Gasteiger partial charge < -0.3 is 16.0 Å². The second-order valence-corrected chi connectivity index (χ2v) is 5.28. The highest BCUT2D eigenvalue weighted by molar-refractivity contribution is 5.74. The van der Waals surface area contributed by atoms with Crippen molar-refractivity contribution >= 4 is 6.03 Å². The number of nitrogens with zero attached hydrogens (tertiary/aromatic N) is 1. The topological polar surface area (TPSA) is 58.4 Å². The van der Waals surface area contributed by atoms with E-state index in [1.54, 1.807) is 0 Å². The summed E-state index contributed by atoms with van der Waals surface area (Å²) in [6.07, 6.45) is 5.80. The van der Waals surface area contributed by atoms with E-state index in [1.807, 2.05) is 11.8 Å². The zero-order chi connectivity index (χ0) is 11.5. The van der Waals surface area contributed by atoms with Crippen LogP contribution >= 0.6 is 0 Å². The van der Waals surface area contributed by atoms with Crippen LogP contribution in [0.1, 0.15) is 39.0 Å². The Morgan fingerprint density at radius 2 is 2.12 bits per heavy atom. The molecule has 0 spiro atoms. The Kier molecular flexibility index (Phi) is 3.69. The second-order valence-electron chi connectivity index (χ2n) is 5.28. The molecule has 4 heteroatoms. The summed E-state index contributed by atoms with van der Waals surface area (Å²) in [6, 6.07) is 0.748. The Labute approximate surface area is 97.6 Å². The van der Waals surface area contributed by atoms with E-state index in [1.165, 1.54) is 6.42 Å². The van der Waals surface area contributed by atoms with Crippen LogP contribution in [-0.2, 0) is 0 Å². The summed E-state index contributed by atoms with van der Waals surface area (Å²) in [7, 11) is 0. The summed E-state index contributed by atoms with van der Waals surface area (Å²) in [5.41, 5.74) is 5.91. The molecule has 16 heavy (non-hydrogen) atoms. The quantitative estimate of drug-likeness (QED) is 0.744. The number of carbonyl (C=O) groups excluding carboxylic acids is 1. The summed E-state index contributed by atoms with van der Waals surface area (Å²) in [5.74, 6) is 0.473. The van der Waals surface area contributed by atoms with Crippen molar-refractivity contribution in [2.75, 3.05) is 13.1 Å². The molecule has 92 valence electrons. The van der Waals surface area contributed by atoms with Crippen LogP contribution in [0, 0.1) is 5.92 Å². The summed E-state index contributed by atoms with van der Waals surface area (Å²) in [5, 5.41) is 3.09. The number of piperidine rings is 1. The Morgan fingerprint density at radius 3 is 2.69 bits per heavy atom. The van der Waals surface area contributed by atoms with E-state index in [0.29, 0.717) is 12.0 Å². The number of likely N-dealkylation sites (tertiary alicyclic amines) is 1. The molecule has 3 N–H and O–H groups in total. The Hall–Kier alpha value is -0.770. The minimum Gasteiger partial charge on any atom is -0.335 e. The molecule has 0 radical (unpaired) electrons. The summed E-state index contributed by atoms with van der Waals surface area (Å²) >= 11 is 0. The van der Waals surface area contributed by atoms with Gasteiger partial charge in [0, 0.05) is 25.2 Å². The first-order valence-electron chi connectivity index (χ1n) is 6.48. The van der Waals surface area contributed by atoms with Crippen molar-refractivity contribution in [3.63, 3.8) is 0 Å². The Balaban J connectivity index is 1.80. The van der Waals surface area contributed by atoms with Gasteiger partial charge in [0.25, 0.3) is 0 Å². The molecule has 2 amide bonds. The maximum Gasteiger partial charge on any atom is 0.317 e. The van der Waals surface area contributed by atoms with Gasteiger partial charge in [0.15, 0.2) is 0 Å². The Morgan fingerprint density at radius 1 is 1.38 bits per heavy atom. The zero-order valence-corrected chi connectivity index (χ0v) is 10.1. The van der Waals surface area contributed by atoms with E-state index in [4.69, 9.17) is 5.73 Å². The lowest BCUT2D eigenvalue weighted by atomic mass is 9.92. The zero-order valence-electron chi connectivity index (χ0n) is 10.1.